The number of aromatic nitrogens is 1. The minimum atomic E-state index is -0.383. The highest BCUT2D eigenvalue weighted by atomic mass is 16.2. The van der Waals surface area contributed by atoms with Crippen molar-refractivity contribution < 1.29 is 4.79 Å². The van der Waals surface area contributed by atoms with Crippen LogP contribution in [-0.4, -0.2) is 22.5 Å². The van der Waals surface area contributed by atoms with Gasteiger partial charge in [-0.25, -0.2) is 4.79 Å². The summed E-state index contributed by atoms with van der Waals surface area (Å²) >= 11 is 0. The van der Waals surface area contributed by atoms with Crippen LogP contribution in [-0.2, 0) is 6.42 Å². The fourth-order valence-corrected chi connectivity index (χ4v) is 4.32. The predicted molar refractivity (Wildman–Crippen MR) is 112 cm³/mol. The van der Waals surface area contributed by atoms with Crippen molar-refractivity contribution in [1.29, 1.82) is 0 Å². The fraction of sp³-hybridized carbons (Fsp3) is 0.125. The van der Waals surface area contributed by atoms with E-state index in [1.807, 2.05) is 36.5 Å². The first-order valence-corrected chi connectivity index (χ1v) is 9.53. The van der Waals surface area contributed by atoms with Crippen LogP contribution < -0.4 is 5.73 Å². The van der Waals surface area contributed by atoms with Crippen molar-refractivity contribution in [3.8, 4) is 11.1 Å². The van der Waals surface area contributed by atoms with E-state index in [-0.39, 0.29) is 12.1 Å². The van der Waals surface area contributed by atoms with Gasteiger partial charge >= 0.3 is 6.03 Å². The molecule has 2 amide bonds. The summed E-state index contributed by atoms with van der Waals surface area (Å²) in [5, 5.41) is 1.12. The average molecular weight is 367 g/mol. The number of carbonyl (C=O) groups is 1. The van der Waals surface area contributed by atoms with Crippen LogP contribution in [0.3, 0.4) is 0 Å². The van der Waals surface area contributed by atoms with Crippen molar-refractivity contribution >= 4 is 16.9 Å². The number of hydrogen-bond donors (Lipinski definition) is 2. The summed E-state index contributed by atoms with van der Waals surface area (Å²) in [6.07, 6.45) is 2.82. The maximum Gasteiger partial charge on any atom is 0.315 e. The molecule has 2 heterocycles. The molecule has 0 radical (unpaired) electrons. The highest BCUT2D eigenvalue weighted by Gasteiger charge is 2.32. The molecule has 1 atom stereocenters. The van der Waals surface area contributed by atoms with E-state index in [1.54, 1.807) is 4.90 Å². The Morgan fingerprint density at radius 2 is 1.71 bits per heavy atom. The third-order valence-corrected chi connectivity index (χ3v) is 5.68. The smallest absolute Gasteiger partial charge is 0.315 e. The van der Waals surface area contributed by atoms with Crippen LogP contribution in [0.25, 0.3) is 22.0 Å². The summed E-state index contributed by atoms with van der Waals surface area (Å²) in [5.74, 6) is 0. The van der Waals surface area contributed by atoms with Gasteiger partial charge in [0.2, 0.25) is 0 Å². The molecule has 0 aliphatic carbocycles. The lowest BCUT2D eigenvalue weighted by molar-refractivity contribution is 0.190. The molecule has 3 N–H and O–H groups in total. The Labute approximate surface area is 163 Å². The number of hydrogen-bond acceptors (Lipinski definition) is 1. The Bertz CT molecular complexity index is 1160. The van der Waals surface area contributed by atoms with Crippen molar-refractivity contribution in [2.24, 2.45) is 5.73 Å². The molecule has 28 heavy (non-hydrogen) atoms. The van der Waals surface area contributed by atoms with E-state index in [0.29, 0.717) is 6.54 Å². The minimum absolute atomic E-state index is 0.193. The standard InChI is InChI=1S/C24H21N3O/c25-24(28)27-13-12-17-10-11-18(16-6-2-1-3-7-16)14-20(17)23(27)21-15-26-22-9-5-4-8-19(21)22/h1-11,14-15,23,26H,12-13H2,(H2,25,28). The van der Waals surface area contributed by atoms with Gasteiger partial charge in [0, 0.05) is 29.2 Å². The van der Waals surface area contributed by atoms with Crippen molar-refractivity contribution in [1.82, 2.24) is 9.88 Å². The molecule has 4 aromatic rings. The van der Waals surface area contributed by atoms with Crippen LogP contribution in [0.1, 0.15) is 22.7 Å². The lowest BCUT2D eigenvalue weighted by atomic mass is 9.86. The molecular weight excluding hydrogens is 346 g/mol. The topological polar surface area (TPSA) is 62.1 Å². The van der Waals surface area contributed by atoms with Gasteiger partial charge < -0.3 is 15.6 Å². The van der Waals surface area contributed by atoms with Gasteiger partial charge in [-0.1, -0.05) is 60.7 Å². The first-order valence-electron chi connectivity index (χ1n) is 9.53. The van der Waals surface area contributed by atoms with Crippen LogP contribution in [0, 0.1) is 0 Å². The van der Waals surface area contributed by atoms with E-state index < -0.39 is 0 Å². The van der Waals surface area contributed by atoms with Crippen molar-refractivity contribution in [3.63, 3.8) is 0 Å². The zero-order chi connectivity index (χ0) is 19.1. The molecule has 1 aromatic heterocycles. The first-order chi connectivity index (χ1) is 13.7. The Morgan fingerprint density at radius 3 is 2.54 bits per heavy atom. The second-order valence-corrected chi connectivity index (χ2v) is 7.25. The average Bonchev–Trinajstić information content (AvgIpc) is 3.17. The summed E-state index contributed by atoms with van der Waals surface area (Å²) in [6, 6.07) is 24.5. The van der Waals surface area contributed by atoms with Crippen molar-refractivity contribution in [3.05, 3.63) is 95.7 Å². The number of urea groups is 1. The summed E-state index contributed by atoms with van der Waals surface area (Å²) in [7, 11) is 0. The van der Waals surface area contributed by atoms with E-state index in [4.69, 9.17) is 5.73 Å². The largest absolute Gasteiger partial charge is 0.361 e. The van der Waals surface area contributed by atoms with E-state index in [2.05, 4.69) is 47.4 Å². The normalized spacial score (nSPS) is 16.1. The number of fused-ring (bicyclic) bond motifs is 2. The van der Waals surface area contributed by atoms with E-state index >= 15 is 0 Å². The highest BCUT2D eigenvalue weighted by Crippen LogP contribution is 2.39. The van der Waals surface area contributed by atoms with Crippen molar-refractivity contribution in [2.75, 3.05) is 6.54 Å². The van der Waals surface area contributed by atoms with Gasteiger partial charge in [0.1, 0.15) is 0 Å². The van der Waals surface area contributed by atoms with Gasteiger partial charge in [-0.05, 0) is 40.8 Å². The minimum Gasteiger partial charge on any atom is -0.361 e. The van der Waals surface area contributed by atoms with Gasteiger partial charge in [-0.15, -0.1) is 0 Å². The van der Waals surface area contributed by atoms with Gasteiger partial charge in [0.25, 0.3) is 0 Å². The van der Waals surface area contributed by atoms with E-state index in [1.165, 1.54) is 11.1 Å². The number of benzene rings is 3. The van der Waals surface area contributed by atoms with Gasteiger partial charge in [-0.2, -0.15) is 0 Å². The molecule has 1 unspecified atom stereocenters. The monoisotopic (exact) mass is 367 g/mol. The number of carbonyl (C=O) groups excluding carboxylic acids is 1. The number of nitrogens with zero attached hydrogens (tertiary/aromatic N) is 1. The molecular formula is C24H21N3O. The Balaban J connectivity index is 1.71. The lowest BCUT2D eigenvalue weighted by Crippen LogP contribution is -2.43. The summed E-state index contributed by atoms with van der Waals surface area (Å²) < 4.78 is 0. The highest BCUT2D eigenvalue weighted by molar-refractivity contribution is 5.85. The molecule has 0 saturated carbocycles. The lowest BCUT2D eigenvalue weighted by Gasteiger charge is -2.36. The number of nitrogens with two attached hydrogens (primary N) is 1. The van der Waals surface area contributed by atoms with Crippen molar-refractivity contribution in [2.45, 2.75) is 12.5 Å². The predicted octanol–water partition coefficient (Wildman–Crippen LogP) is 4.86. The second kappa shape index (κ2) is 6.57. The SMILES string of the molecule is NC(=O)N1CCc2ccc(-c3ccccc3)cc2C1c1c[nH]c2ccccc12. The third-order valence-electron chi connectivity index (χ3n) is 5.68. The zero-order valence-corrected chi connectivity index (χ0v) is 15.4. The molecule has 4 heteroatoms. The zero-order valence-electron chi connectivity index (χ0n) is 15.4. The molecule has 0 saturated heterocycles. The third kappa shape index (κ3) is 2.65. The Morgan fingerprint density at radius 1 is 0.929 bits per heavy atom. The quantitative estimate of drug-likeness (QED) is 0.522. The second-order valence-electron chi connectivity index (χ2n) is 7.25. The molecule has 4 nitrogen and oxygen atoms in total. The summed E-state index contributed by atoms with van der Waals surface area (Å²) in [4.78, 5) is 17.4. The maximum absolute atomic E-state index is 12.3. The Hall–Kier alpha value is -3.53. The van der Waals surface area contributed by atoms with Crippen LogP contribution in [0.2, 0.25) is 0 Å². The van der Waals surface area contributed by atoms with Crippen LogP contribution in [0.5, 0.6) is 0 Å². The van der Waals surface area contributed by atoms with E-state index in [9.17, 15) is 4.79 Å². The molecule has 5 rings (SSSR count). The number of amides is 2. The molecule has 0 fully saturated rings. The molecule has 0 spiro atoms. The van der Waals surface area contributed by atoms with Crippen LogP contribution in [0.15, 0.2) is 79.0 Å². The van der Waals surface area contributed by atoms with Crippen LogP contribution in [0.4, 0.5) is 4.79 Å². The van der Waals surface area contributed by atoms with Gasteiger partial charge in [0.15, 0.2) is 0 Å². The molecule has 3 aromatic carbocycles. The number of aromatic amines is 1. The molecule has 138 valence electrons. The number of para-hydroxylation sites is 1. The van der Waals surface area contributed by atoms with E-state index in [0.717, 1.165) is 34.0 Å². The van der Waals surface area contributed by atoms with Gasteiger partial charge in [-0.3, -0.25) is 0 Å². The summed E-state index contributed by atoms with van der Waals surface area (Å²) in [5.41, 5.74) is 12.7. The molecule has 1 aliphatic rings. The molecule has 0 bridgehead atoms. The number of primary amides is 1. The Kier molecular flexibility index (Phi) is 3.90. The fourth-order valence-electron chi connectivity index (χ4n) is 4.32. The van der Waals surface area contributed by atoms with Crippen LogP contribution >= 0.6 is 0 Å². The number of nitrogens with one attached hydrogen (secondary N) is 1. The summed E-state index contributed by atoms with van der Waals surface area (Å²) in [6.45, 7) is 0.622. The van der Waals surface area contributed by atoms with Gasteiger partial charge in [0.05, 0.1) is 6.04 Å². The first kappa shape index (κ1) is 16.6. The molecule has 1 aliphatic heterocycles. The maximum atomic E-state index is 12.3. The number of rotatable bonds is 2. The number of H-pyrrole nitrogens is 1.